The molecule has 1 saturated heterocycles. The summed E-state index contributed by atoms with van der Waals surface area (Å²) in [4.78, 5) is 43.1. The average molecular weight is 368 g/mol. The number of carboxylic acid groups (broad SMARTS) is 1. The van der Waals surface area contributed by atoms with Gasteiger partial charge in [-0.05, 0) is 36.8 Å². The lowest BCUT2D eigenvalue weighted by Gasteiger charge is -2.34. The Morgan fingerprint density at radius 1 is 1.04 bits per heavy atom. The molecule has 0 aliphatic carbocycles. The zero-order chi connectivity index (χ0) is 19.4. The highest BCUT2D eigenvalue weighted by molar-refractivity contribution is 5.96. The minimum absolute atomic E-state index is 0.0181. The van der Waals surface area contributed by atoms with Crippen LogP contribution in [0.4, 0.5) is 10.5 Å². The summed E-state index contributed by atoms with van der Waals surface area (Å²) in [6, 6.07) is 9.94. The van der Waals surface area contributed by atoms with E-state index in [1.807, 2.05) is 31.2 Å². The minimum atomic E-state index is -1.11. The summed E-state index contributed by atoms with van der Waals surface area (Å²) in [7, 11) is 0. The van der Waals surface area contributed by atoms with Crippen molar-refractivity contribution in [3.8, 4) is 0 Å². The number of aromatic carboxylic acids is 1. The maximum absolute atomic E-state index is 12.5. The maximum Gasteiger partial charge on any atom is 0.335 e. The molecule has 1 fully saturated rings. The third-order valence-corrected chi connectivity index (χ3v) is 4.35. The molecule has 27 heavy (non-hydrogen) atoms. The Morgan fingerprint density at radius 3 is 2.41 bits per heavy atom. The van der Waals surface area contributed by atoms with Crippen LogP contribution < -0.4 is 5.32 Å². The number of aromatic nitrogens is 1. The van der Waals surface area contributed by atoms with Crippen LogP contribution in [0, 0.1) is 6.92 Å². The van der Waals surface area contributed by atoms with E-state index in [1.54, 1.807) is 9.80 Å². The third kappa shape index (κ3) is 4.41. The summed E-state index contributed by atoms with van der Waals surface area (Å²) in [5.74, 6) is -1.44. The molecule has 8 heteroatoms. The normalized spacial score (nSPS) is 14.0. The summed E-state index contributed by atoms with van der Waals surface area (Å²) in [5, 5.41) is 11.9. The zero-order valence-electron chi connectivity index (χ0n) is 14.9. The van der Waals surface area contributed by atoms with Crippen molar-refractivity contribution in [1.29, 1.82) is 0 Å². The molecule has 1 aromatic heterocycles. The molecular formula is C19H20N4O4. The van der Waals surface area contributed by atoms with E-state index in [1.165, 1.54) is 18.3 Å². The highest BCUT2D eigenvalue weighted by atomic mass is 16.4. The molecule has 0 unspecified atom stereocenters. The van der Waals surface area contributed by atoms with Crippen LogP contribution in [0.15, 0.2) is 42.6 Å². The van der Waals surface area contributed by atoms with Crippen LogP contribution in [0.2, 0.25) is 0 Å². The number of hydrogen-bond donors (Lipinski definition) is 2. The monoisotopic (exact) mass is 368 g/mol. The van der Waals surface area contributed by atoms with Gasteiger partial charge >= 0.3 is 12.0 Å². The molecule has 3 rings (SSSR count). The van der Waals surface area contributed by atoms with Gasteiger partial charge in [0.1, 0.15) is 5.69 Å². The van der Waals surface area contributed by atoms with Crippen molar-refractivity contribution in [3.63, 3.8) is 0 Å². The van der Waals surface area contributed by atoms with Crippen molar-refractivity contribution in [1.82, 2.24) is 14.8 Å². The Labute approximate surface area is 156 Å². The van der Waals surface area contributed by atoms with Crippen LogP contribution in [0.25, 0.3) is 0 Å². The van der Waals surface area contributed by atoms with E-state index in [0.29, 0.717) is 26.2 Å². The first-order valence-electron chi connectivity index (χ1n) is 8.55. The Hall–Kier alpha value is -3.42. The van der Waals surface area contributed by atoms with Crippen molar-refractivity contribution in [2.24, 2.45) is 0 Å². The quantitative estimate of drug-likeness (QED) is 0.863. The number of urea groups is 1. The second kappa shape index (κ2) is 7.86. The molecule has 0 bridgehead atoms. The number of piperazine rings is 1. The van der Waals surface area contributed by atoms with Gasteiger partial charge in [-0.3, -0.25) is 9.78 Å². The van der Waals surface area contributed by atoms with Crippen molar-refractivity contribution in [2.75, 3.05) is 31.5 Å². The SMILES string of the molecule is Cc1cccc(NC(=O)N2CCN(C(=O)c3cc(C(=O)O)ccn3)CC2)c1. The predicted molar refractivity (Wildman–Crippen MR) is 98.9 cm³/mol. The van der Waals surface area contributed by atoms with E-state index < -0.39 is 5.97 Å². The van der Waals surface area contributed by atoms with Gasteiger partial charge in [-0.2, -0.15) is 0 Å². The lowest BCUT2D eigenvalue weighted by Crippen LogP contribution is -2.51. The molecule has 2 heterocycles. The van der Waals surface area contributed by atoms with Crippen LogP contribution in [0.1, 0.15) is 26.4 Å². The van der Waals surface area contributed by atoms with Crippen molar-refractivity contribution in [2.45, 2.75) is 6.92 Å². The minimum Gasteiger partial charge on any atom is -0.478 e. The molecule has 1 aliphatic heterocycles. The number of carbonyl (C=O) groups is 3. The van der Waals surface area contributed by atoms with Gasteiger partial charge in [-0.1, -0.05) is 12.1 Å². The number of anilines is 1. The number of hydrogen-bond acceptors (Lipinski definition) is 4. The van der Waals surface area contributed by atoms with Crippen molar-refractivity contribution in [3.05, 3.63) is 59.4 Å². The summed E-state index contributed by atoms with van der Waals surface area (Å²) in [6.07, 6.45) is 1.31. The topological polar surface area (TPSA) is 103 Å². The summed E-state index contributed by atoms with van der Waals surface area (Å²) in [6.45, 7) is 3.45. The molecular weight excluding hydrogens is 348 g/mol. The molecule has 1 aromatic carbocycles. The molecule has 8 nitrogen and oxygen atoms in total. The summed E-state index contributed by atoms with van der Waals surface area (Å²) >= 11 is 0. The Bertz CT molecular complexity index is 876. The Kier molecular flexibility index (Phi) is 5.35. The van der Waals surface area contributed by atoms with Crippen LogP contribution in [0.5, 0.6) is 0 Å². The van der Waals surface area contributed by atoms with Gasteiger partial charge in [-0.25, -0.2) is 9.59 Å². The van der Waals surface area contributed by atoms with E-state index >= 15 is 0 Å². The van der Waals surface area contributed by atoms with Gasteiger partial charge in [-0.15, -0.1) is 0 Å². The van der Waals surface area contributed by atoms with E-state index in [2.05, 4.69) is 10.3 Å². The van der Waals surface area contributed by atoms with Gasteiger partial charge in [0.05, 0.1) is 5.56 Å². The number of nitrogens with zero attached hydrogens (tertiary/aromatic N) is 3. The molecule has 1 aliphatic rings. The smallest absolute Gasteiger partial charge is 0.335 e. The number of amides is 3. The fourth-order valence-corrected chi connectivity index (χ4v) is 2.88. The van der Waals surface area contributed by atoms with Gasteiger partial charge < -0.3 is 20.2 Å². The molecule has 0 spiro atoms. The molecule has 2 aromatic rings. The second-order valence-electron chi connectivity index (χ2n) is 6.31. The largest absolute Gasteiger partial charge is 0.478 e. The Balaban J connectivity index is 1.58. The van der Waals surface area contributed by atoms with Gasteiger partial charge in [0, 0.05) is 38.1 Å². The first kappa shape index (κ1) is 18.4. The first-order chi connectivity index (χ1) is 12.9. The highest BCUT2D eigenvalue weighted by Crippen LogP contribution is 2.13. The molecule has 0 radical (unpaired) electrons. The lowest BCUT2D eigenvalue weighted by molar-refractivity contribution is 0.0665. The Morgan fingerprint density at radius 2 is 1.74 bits per heavy atom. The summed E-state index contributed by atoms with van der Waals surface area (Å²) < 4.78 is 0. The zero-order valence-corrected chi connectivity index (χ0v) is 14.9. The van der Waals surface area contributed by atoms with Gasteiger partial charge in [0.15, 0.2) is 0 Å². The third-order valence-electron chi connectivity index (χ3n) is 4.35. The van der Waals surface area contributed by atoms with Gasteiger partial charge in [0.25, 0.3) is 5.91 Å². The fourth-order valence-electron chi connectivity index (χ4n) is 2.88. The molecule has 0 saturated carbocycles. The van der Waals surface area contributed by atoms with Crippen LogP contribution in [-0.2, 0) is 0 Å². The number of rotatable bonds is 3. The molecule has 3 amide bonds. The molecule has 2 N–H and O–H groups in total. The number of carbonyl (C=O) groups excluding carboxylic acids is 2. The lowest BCUT2D eigenvalue weighted by atomic mass is 10.2. The van der Waals surface area contributed by atoms with Gasteiger partial charge in [0.2, 0.25) is 0 Å². The number of benzene rings is 1. The fraction of sp³-hybridized carbons (Fsp3) is 0.263. The average Bonchev–Trinajstić information content (AvgIpc) is 2.67. The first-order valence-corrected chi connectivity index (χ1v) is 8.55. The highest BCUT2D eigenvalue weighted by Gasteiger charge is 2.26. The number of nitrogens with one attached hydrogen (secondary N) is 1. The molecule has 140 valence electrons. The van der Waals surface area contributed by atoms with Crippen LogP contribution in [0.3, 0.4) is 0 Å². The maximum atomic E-state index is 12.5. The number of carboxylic acids is 1. The van der Waals surface area contributed by atoms with Crippen LogP contribution >= 0.6 is 0 Å². The van der Waals surface area contributed by atoms with Crippen molar-refractivity contribution >= 4 is 23.6 Å². The van der Waals surface area contributed by atoms with E-state index in [-0.39, 0.29) is 23.2 Å². The number of pyridine rings is 1. The predicted octanol–water partition coefficient (Wildman–Crippen LogP) is 2.08. The number of aryl methyl sites for hydroxylation is 1. The standard InChI is InChI=1S/C19H20N4O4/c1-13-3-2-4-15(11-13)21-19(27)23-9-7-22(8-10-23)17(24)16-12-14(18(25)26)5-6-20-16/h2-6,11-12H,7-10H2,1H3,(H,21,27)(H,25,26). The molecule has 0 atom stereocenters. The summed E-state index contributed by atoms with van der Waals surface area (Å²) in [5.41, 5.74) is 1.89. The van der Waals surface area contributed by atoms with Crippen LogP contribution in [-0.4, -0.2) is 64.0 Å². The van der Waals surface area contributed by atoms with E-state index in [0.717, 1.165) is 11.3 Å². The van der Waals surface area contributed by atoms with E-state index in [9.17, 15) is 14.4 Å². The van der Waals surface area contributed by atoms with Crippen molar-refractivity contribution < 1.29 is 19.5 Å². The van der Waals surface area contributed by atoms with E-state index in [4.69, 9.17) is 5.11 Å². The second-order valence-corrected chi connectivity index (χ2v) is 6.31.